The predicted octanol–water partition coefficient (Wildman–Crippen LogP) is 4.05. The highest BCUT2D eigenvalue weighted by Gasteiger charge is 2.25. The molecule has 0 bridgehead atoms. The first kappa shape index (κ1) is 11.1. The van der Waals surface area contributed by atoms with Gasteiger partial charge in [0.15, 0.2) is 0 Å². The molecule has 1 aliphatic carbocycles. The Morgan fingerprint density at radius 3 is 2.33 bits per heavy atom. The van der Waals surface area contributed by atoms with Crippen LogP contribution < -0.4 is 5.73 Å². The largest absolute Gasteiger partial charge is 0.387 e. The molecule has 2 rings (SSSR count). The second-order valence-electron chi connectivity index (χ2n) is 3.53. The molecule has 0 aromatic heterocycles. The van der Waals surface area contributed by atoms with Crippen molar-refractivity contribution in [3.8, 4) is 0 Å². The summed E-state index contributed by atoms with van der Waals surface area (Å²) in [5.74, 6) is 1.03. The fraction of sp³-hybridized carbons (Fsp3) is 0.300. The fourth-order valence-corrected chi connectivity index (χ4v) is 1.79. The lowest BCUT2D eigenvalue weighted by Crippen LogP contribution is -2.13. The van der Waals surface area contributed by atoms with E-state index in [1.54, 1.807) is 12.1 Å². The Hall–Kier alpha value is -0.440. The van der Waals surface area contributed by atoms with Gasteiger partial charge in [0.25, 0.3) is 0 Å². The van der Waals surface area contributed by atoms with Crippen LogP contribution in [0.5, 0.6) is 0 Å². The maximum Gasteiger partial charge on any atom is 0.103 e. The van der Waals surface area contributed by atoms with Crippen molar-refractivity contribution in [2.24, 2.45) is 16.6 Å². The van der Waals surface area contributed by atoms with E-state index in [0.29, 0.717) is 32.5 Å². The summed E-state index contributed by atoms with van der Waals surface area (Å²) < 4.78 is 0. The van der Waals surface area contributed by atoms with Crippen LogP contribution in [0.1, 0.15) is 12.8 Å². The Balaban J connectivity index is 2.35. The van der Waals surface area contributed by atoms with E-state index in [0.717, 1.165) is 12.8 Å². The second kappa shape index (κ2) is 4.20. The number of hydrogen-bond donors (Lipinski definition) is 1. The van der Waals surface area contributed by atoms with Gasteiger partial charge in [-0.05, 0) is 25.0 Å². The van der Waals surface area contributed by atoms with Crippen molar-refractivity contribution in [1.82, 2.24) is 0 Å². The van der Waals surface area contributed by atoms with Crippen LogP contribution in [0.3, 0.4) is 0 Å². The molecule has 1 aromatic rings. The Kier molecular flexibility index (Phi) is 3.10. The van der Waals surface area contributed by atoms with E-state index in [4.69, 9.17) is 40.5 Å². The third-order valence-electron chi connectivity index (χ3n) is 2.23. The van der Waals surface area contributed by atoms with E-state index in [2.05, 4.69) is 4.99 Å². The molecule has 0 spiro atoms. The molecule has 0 aliphatic heterocycles. The number of aliphatic imine (C=N–C) groups is 1. The van der Waals surface area contributed by atoms with Crippen molar-refractivity contribution in [3.05, 3.63) is 27.2 Å². The molecule has 5 heteroatoms. The lowest BCUT2D eigenvalue weighted by atomic mass is 10.3. The summed E-state index contributed by atoms with van der Waals surface area (Å²) in [6.07, 6.45) is 2.21. The molecular formula is C10H9Cl3N2. The summed E-state index contributed by atoms with van der Waals surface area (Å²) in [6, 6.07) is 3.20. The van der Waals surface area contributed by atoms with Crippen LogP contribution in [-0.4, -0.2) is 5.84 Å². The molecule has 0 heterocycles. The highest BCUT2D eigenvalue weighted by molar-refractivity contribution is 6.44. The summed E-state index contributed by atoms with van der Waals surface area (Å²) >= 11 is 17.6. The quantitative estimate of drug-likeness (QED) is 0.488. The first-order chi connectivity index (χ1) is 7.08. The average molecular weight is 264 g/mol. The van der Waals surface area contributed by atoms with Crippen molar-refractivity contribution >= 4 is 46.3 Å². The molecule has 0 unspecified atom stereocenters. The minimum absolute atomic E-state index is 0.413. The van der Waals surface area contributed by atoms with Crippen molar-refractivity contribution in [2.75, 3.05) is 0 Å². The van der Waals surface area contributed by atoms with Crippen LogP contribution in [0.2, 0.25) is 15.1 Å². The molecule has 2 nitrogen and oxygen atoms in total. The lowest BCUT2D eigenvalue weighted by Gasteiger charge is -2.03. The first-order valence-electron chi connectivity index (χ1n) is 4.56. The van der Waals surface area contributed by atoms with Gasteiger partial charge in [-0.15, -0.1) is 0 Å². The highest BCUT2D eigenvalue weighted by atomic mass is 35.5. The smallest absolute Gasteiger partial charge is 0.103 e. The number of nitrogens with two attached hydrogens (primary N) is 1. The SMILES string of the molecule is NC(=Nc1cc(Cl)c(Cl)cc1Cl)C1CC1. The van der Waals surface area contributed by atoms with Gasteiger partial charge >= 0.3 is 0 Å². The van der Waals surface area contributed by atoms with Gasteiger partial charge in [-0.2, -0.15) is 0 Å². The molecule has 1 fully saturated rings. The average Bonchev–Trinajstić information content (AvgIpc) is 2.97. The summed E-state index contributed by atoms with van der Waals surface area (Å²) in [5.41, 5.74) is 6.36. The number of benzene rings is 1. The molecule has 0 amide bonds. The molecule has 1 aromatic carbocycles. The molecular weight excluding hydrogens is 254 g/mol. The number of nitrogens with zero attached hydrogens (tertiary/aromatic N) is 1. The Morgan fingerprint density at radius 1 is 1.13 bits per heavy atom. The number of halogens is 3. The molecule has 1 saturated carbocycles. The van der Waals surface area contributed by atoms with Crippen molar-refractivity contribution in [1.29, 1.82) is 0 Å². The highest BCUT2D eigenvalue weighted by Crippen LogP contribution is 2.36. The standard InChI is InChI=1S/C10H9Cl3N2/c11-6-3-8(13)9(4-7(6)12)15-10(14)5-1-2-5/h3-5H,1-2H2,(H2,14,15). The van der Waals surface area contributed by atoms with Gasteiger partial charge in [-0.1, -0.05) is 34.8 Å². The zero-order valence-corrected chi connectivity index (χ0v) is 10.1. The maximum atomic E-state index is 5.96. The third-order valence-corrected chi connectivity index (χ3v) is 3.26. The lowest BCUT2D eigenvalue weighted by molar-refractivity contribution is 1.15. The van der Waals surface area contributed by atoms with Crippen LogP contribution in [0, 0.1) is 5.92 Å². The topological polar surface area (TPSA) is 38.4 Å². The molecule has 80 valence electrons. The summed E-state index contributed by atoms with van der Waals surface area (Å²) in [7, 11) is 0. The van der Waals surface area contributed by atoms with Crippen LogP contribution in [-0.2, 0) is 0 Å². The van der Waals surface area contributed by atoms with Gasteiger partial charge in [0.05, 0.1) is 20.8 Å². The molecule has 0 radical (unpaired) electrons. The Bertz CT molecular complexity index is 425. The summed E-state index contributed by atoms with van der Waals surface area (Å²) in [4.78, 5) is 4.24. The molecule has 0 atom stereocenters. The van der Waals surface area contributed by atoms with Gasteiger partial charge in [0, 0.05) is 5.92 Å². The van der Waals surface area contributed by atoms with Crippen LogP contribution in [0.15, 0.2) is 17.1 Å². The van der Waals surface area contributed by atoms with Gasteiger partial charge in [-0.3, -0.25) is 0 Å². The Morgan fingerprint density at radius 2 is 1.73 bits per heavy atom. The Labute approximate surface area is 103 Å². The van der Waals surface area contributed by atoms with E-state index >= 15 is 0 Å². The van der Waals surface area contributed by atoms with E-state index in [-0.39, 0.29) is 0 Å². The number of amidine groups is 1. The first-order valence-corrected chi connectivity index (χ1v) is 5.70. The van der Waals surface area contributed by atoms with Crippen molar-refractivity contribution in [3.63, 3.8) is 0 Å². The van der Waals surface area contributed by atoms with Crippen LogP contribution in [0.25, 0.3) is 0 Å². The number of rotatable bonds is 2. The second-order valence-corrected chi connectivity index (χ2v) is 4.75. The summed E-state index contributed by atoms with van der Waals surface area (Å²) in [6.45, 7) is 0. The normalized spacial score (nSPS) is 16.9. The minimum Gasteiger partial charge on any atom is -0.387 e. The van der Waals surface area contributed by atoms with E-state index < -0.39 is 0 Å². The number of hydrogen-bond acceptors (Lipinski definition) is 1. The molecule has 15 heavy (non-hydrogen) atoms. The van der Waals surface area contributed by atoms with Crippen molar-refractivity contribution < 1.29 is 0 Å². The monoisotopic (exact) mass is 262 g/mol. The van der Waals surface area contributed by atoms with Gasteiger partial charge in [-0.25, -0.2) is 4.99 Å². The molecule has 0 saturated heterocycles. The zero-order valence-electron chi connectivity index (χ0n) is 7.80. The van der Waals surface area contributed by atoms with E-state index in [1.807, 2.05) is 0 Å². The van der Waals surface area contributed by atoms with Gasteiger partial charge in [0.2, 0.25) is 0 Å². The zero-order chi connectivity index (χ0) is 11.0. The molecule has 2 N–H and O–H groups in total. The van der Waals surface area contributed by atoms with Gasteiger partial charge in [0.1, 0.15) is 5.84 Å². The fourth-order valence-electron chi connectivity index (χ4n) is 1.21. The van der Waals surface area contributed by atoms with Gasteiger partial charge < -0.3 is 5.73 Å². The molecule has 1 aliphatic rings. The predicted molar refractivity (Wildman–Crippen MR) is 65.5 cm³/mol. The maximum absolute atomic E-state index is 5.96. The van der Waals surface area contributed by atoms with Crippen LogP contribution in [0.4, 0.5) is 5.69 Å². The summed E-state index contributed by atoms with van der Waals surface area (Å²) in [5, 5.41) is 1.32. The van der Waals surface area contributed by atoms with E-state index in [1.165, 1.54) is 0 Å². The minimum atomic E-state index is 0.413. The third kappa shape index (κ3) is 2.57. The van der Waals surface area contributed by atoms with E-state index in [9.17, 15) is 0 Å². The van der Waals surface area contributed by atoms with Crippen molar-refractivity contribution in [2.45, 2.75) is 12.8 Å². The van der Waals surface area contributed by atoms with Crippen LogP contribution >= 0.6 is 34.8 Å².